The lowest BCUT2D eigenvalue weighted by atomic mass is 9.90. The number of nitrogens with one attached hydrogen (secondary N) is 6. The molecule has 16 heteroatoms. The van der Waals surface area contributed by atoms with E-state index in [1.165, 1.54) is 12.1 Å². The Morgan fingerprint density at radius 3 is 2.21 bits per heavy atom. The van der Waals surface area contributed by atoms with Crippen LogP contribution in [0.4, 0.5) is 9.59 Å². The number of unbranched alkanes of at least 4 members (excludes halogenated alkanes) is 1. The van der Waals surface area contributed by atoms with E-state index in [0.717, 1.165) is 5.56 Å². The fourth-order valence-electron chi connectivity index (χ4n) is 5.49. The number of aromatic hydroxyl groups is 1. The summed E-state index contributed by atoms with van der Waals surface area (Å²) in [5, 5.41) is 25.9. The molecule has 0 fully saturated rings. The Labute approximate surface area is 340 Å². The van der Waals surface area contributed by atoms with Crippen molar-refractivity contribution in [3.05, 3.63) is 95.6 Å². The van der Waals surface area contributed by atoms with E-state index in [1.54, 1.807) is 58.0 Å². The van der Waals surface area contributed by atoms with E-state index in [4.69, 9.17) is 15.2 Å². The smallest absolute Gasteiger partial charge is 0.407 e. The van der Waals surface area contributed by atoms with Gasteiger partial charge in [-0.1, -0.05) is 61.5 Å². The molecular formula is C42H58N8O8. The standard InChI is InChI=1S/C42H58N8O8/c1-5-35(52)44-24-25-46-40(55)50-39(43)45-23-12-17-34(37(53)48-28-29-18-20-32(51)21-19-29)49-38(54)36(30-13-7-6-8-14-30)31-15-11-16-33(27-31)57-26-10-9-22-47-41(56)58-42(2,3)4/h6-8,11,13-16,18-21,27,34,36,51H,5,9-10,12,17,22-26,28H2,1-4H3,(H,44,52)(H,47,56)(H,48,53)(H,49,54)(H4,43,45,46,50,55)/t34-,36?/m1/s1. The second-order valence-corrected chi connectivity index (χ2v) is 14.3. The molecule has 3 aromatic rings. The fourth-order valence-corrected chi connectivity index (χ4v) is 5.49. The van der Waals surface area contributed by atoms with Crippen LogP contribution in [0.25, 0.3) is 0 Å². The molecule has 0 aliphatic carbocycles. The van der Waals surface area contributed by atoms with E-state index in [-0.39, 0.29) is 50.2 Å². The van der Waals surface area contributed by atoms with E-state index in [9.17, 15) is 29.1 Å². The summed E-state index contributed by atoms with van der Waals surface area (Å²) < 4.78 is 11.3. The van der Waals surface area contributed by atoms with E-state index < -0.39 is 41.5 Å². The number of ether oxygens (including phenoxy) is 2. The first-order chi connectivity index (χ1) is 27.7. The van der Waals surface area contributed by atoms with Crippen molar-refractivity contribution in [3.63, 3.8) is 0 Å². The van der Waals surface area contributed by atoms with Gasteiger partial charge in [0.15, 0.2) is 5.96 Å². The quantitative estimate of drug-likeness (QED) is 0.0442. The van der Waals surface area contributed by atoms with Crippen molar-refractivity contribution in [1.29, 1.82) is 0 Å². The average molecular weight is 803 g/mol. The number of phenols is 1. The van der Waals surface area contributed by atoms with Gasteiger partial charge in [0.2, 0.25) is 17.7 Å². The van der Waals surface area contributed by atoms with Crippen molar-refractivity contribution < 1.29 is 38.6 Å². The molecule has 1 unspecified atom stereocenters. The molecule has 0 heterocycles. The summed E-state index contributed by atoms with van der Waals surface area (Å²) in [6.45, 7) is 8.74. The van der Waals surface area contributed by atoms with Crippen LogP contribution >= 0.6 is 0 Å². The first-order valence-electron chi connectivity index (χ1n) is 19.5. The minimum atomic E-state index is -0.962. The third kappa shape index (κ3) is 18.1. The minimum Gasteiger partial charge on any atom is -0.508 e. The number of alkyl carbamates (subject to hydrolysis) is 1. The van der Waals surface area contributed by atoms with Gasteiger partial charge < -0.3 is 46.9 Å². The van der Waals surface area contributed by atoms with Gasteiger partial charge in [-0.2, -0.15) is 0 Å². The zero-order valence-electron chi connectivity index (χ0n) is 33.8. The Hall–Kier alpha value is -6.32. The number of aliphatic imine (C=N–C) groups is 1. The molecular weight excluding hydrogens is 745 g/mol. The summed E-state index contributed by atoms with van der Waals surface area (Å²) in [6, 6.07) is 21.3. The molecule has 0 saturated carbocycles. The molecule has 58 heavy (non-hydrogen) atoms. The summed E-state index contributed by atoms with van der Waals surface area (Å²) in [5.41, 5.74) is 7.45. The van der Waals surface area contributed by atoms with Crippen LogP contribution in [0.15, 0.2) is 83.9 Å². The molecule has 6 amide bonds. The molecule has 0 aliphatic rings. The largest absolute Gasteiger partial charge is 0.508 e. The Balaban J connectivity index is 1.68. The van der Waals surface area contributed by atoms with Gasteiger partial charge in [0.05, 0.1) is 12.5 Å². The van der Waals surface area contributed by atoms with Gasteiger partial charge in [-0.3, -0.25) is 24.7 Å². The van der Waals surface area contributed by atoms with Crippen LogP contribution in [0.2, 0.25) is 0 Å². The van der Waals surface area contributed by atoms with Crippen LogP contribution < -0.4 is 42.4 Å². The summed E-state index contributed by atoms with van der Waals surface area (Å²) in [7, 11) is 0. The van der Waals surface area contributed by atoms with Gasteiger partial charge in [0.1, 0.15) is 23.1 Å². The summed E-state index contributed by atoms with van der Waals surface area (Å²) in [5.74, 6) is -1.21. The lowest BCUT2D eigenvalue weighted by Gasteiger charge is -2.23. The highest BCUT2D eigenvalue weighted by Gasteiger charge is 2.28. The molecule has 0 radical (unpaired) electrons. The summed E-state index contributed by atoms with van der Waals surface area (Å²) in [4.78, 5) is 67.5. The number of hydrogen-bond donors (Lipinski definition) is 8. The molecule has 16 nitrogen and oxygen atoms in total. The van der Waals surface area contributed by atoms with Crippen LogP contribution in [0.5, 0.6) is 11.5 Å². The van der Waals surface area contributed by atoms with Crippen molar-refractivity contribution in [2.24, 2.45) is 10.7 Å². The lowest BCUT2D eigenvalue weighted by Crippen LogP contribution is -2.48. The van der Waals surface area contributed by atoms with Crippen molar-refractivity contribution in [2.75, 3.05) is 32.8 Å². The number of nitrogens with zero attached hydrogens (tertiary/aromatic N) is 1. The highest BCUT2D eigenvalue weighted by Crippen LogP contribution is 2.28. The number of carbonyl (C=O) groups is 5. The predicted molar refractivity (Wildman–Crippen MR) is 221 cm³/mol. The summed E-state index contributed by atoms with van der Waals surface area (Å²) >= 11 is 0. The summed E-state index contributed by atoms with van der Waals surface area (Å²) in [6.07, 6.45) is 1.74. The van der Waals surface area contributed by atoms with Crippen LogP contribution in [0, 0.1) is 0 Å². The van der Waals surface area contributed by atoms with Crippen LogP contribution in [-0.2, 0) is 25.7 Å². The molecule has 9 N–H and O–H groups in total. The number of nitrogens with two attached hydrogens (primary N) is 1. The van der Waals surface area contributed by atoms with Gasteiger partial charge in [-0.25, -0.2) is 9.59 Å². The highest BCUT2D eigenvalue weighted by molar-refractivity contribution is 5.95. The van der Waals surface area contributed by atoms with Crippen molar-refractivity contribution in [3.8, 4) is 11.5 Å². The van der Waals surface area contributed by atoms with E-state index >= 15 is 0 Å². The van der Waals surface area contributed by atoms with E-state index in [1.807, 2.05) is 36.4 Å². The number of benzene rings is 3. The number of hydrogen-bond acceptors (Lipinski definition) is 9. The van der Waals surface area contributed by atoms with E-state index in [2.05, 4.69) is 36.9 Å². The second-order valence-electron chi connectivity index (χ2n) is 14.3. The number of amides is 6. The third-order valence-corrected chi connectivity index (χ3v) is 8.36. The maximum Gasteiger partial charge on any atom is 0.407 e. The molecule has 0 bridgehead atoms. The predicted octanol–water partition coefficient (Wildman–Crippen LogP) is 3.93. The van der Waals surface area contributed by atoms with Crippen molar-refractivity contribution >= 4 is 35.8 Å². The first kappa shape index (κ1) is 46.1. The van der Waals surface area contributed by atoms with Crippen LogP contribution in [0.1, 0.15) is 82.4 Å². The number of urea groups is 1. The Morgan fingerprint density at radius 2 is 1.50 bits per heavy atom. The normalized spacial score (nSPS) is 12.3. The Bertz CT molecular complexity index is 1800. The second kappa shape index (κ2) is 24.3. The zero-order valence-corrected chi connectivity index (χ0v) is 33.8. The molecule has 0 spiro atoms. The monoisotopic (exact) mass is 802 g/mol. The topological polar surface area (TPSA) is 235 Å². The number of rotatable bonds is 21. The molecule has 0 saturated heterocycles. The average Bonchev–Trinajstić information content (AvgIpc) is 3.18. The van der Waals surface area contributed by atoms with Gasteiger partial charge in [0, 0.05) is 39.1 Å². The highest BCUT2D eigenvalue weighted by atomic mass is 16.6. The maximum absolute atomic E-state index is 14.3. The van der Waals surface area contributed by atoms with Crippen LogP contribution in [-0.4, -0.2) is 85.3 Å². The molecule has 314 valence electrons. The van der Waals surface area contributed by atoms with Gasteiger partial charge >= 0.3 is 12.1 Å². The first-order valence-corrected chi connectivity index (χ1v) is 19.5. The van der Waals surface area contributed by atoms with E-state index in [0.29, 0.717) is 55.7 Å². The van der Waals surface area contributed by atoms with Gasteiger partial charge in [-0.05, 0) is 87.4 Å². The fraction of sp³-hybridized carbons (Fsp3) is 0.429. The Morgan fingerprint density at radius 1 is 0.793 bits per heavy atom. The zero-order chi connectivity index (χ0) is 42.3. The Kier molecular flexibility index (Phi) is 19.3. The van der Waals surface area contributed by atoms with Gasteiger partial charge in [-0.15, -0.1) is 0 Å². The third-order valence-electron chi connectivity index (χ3n) is 8.36. The maximum atomic E-state index is 14.3. The number of carbonyl (C=O) groups excluding carboxylic acids is 5. The number of guanidine groups is 1. The SMILES string of the molecule is CCC(=O)NCCNC(=O)NC(N)=NCCC[C@@H](NC(=O)C(c1ccccc1)c1cccc(OCCCCNC(=O)OC(C)(C)C)c1)C(=O)NCc1ccc(O)cc1. The van der Waals surface area contributed by atoms with Gasteiger partial charge in [0.25, 0.3) is 0 Å². The number of phenolic OH excluding ortho intramolecular Hbond substituents is 1. The molecule has 3 rings (SSSR count). The van der Waals surface area contributed by atoms with Crippen LogP contribution in [0.3, 0.4) is 0 Å². The molecule has 2 atom stereocenters. The molecule has 0 aliphatic heterocycles. The lowest BCUT2D eigenvalue weighted by molar-refractivity contribution is -0.129. The minimum absolute atomic E-state index is 0.0986. The molecule has 3 aromatic carbocycles. The molecule has 0 aromatic heterocycles. The van der Waals surface area contributed by atoms with Crippen molar-refractivity contribution in [1.82, 2.24) is 31.9 Å². The van der Waals surface area contributed by atoms with Crippen molar-refractivity contribution in [2.45, 2.75) is 83.9 Å².